The molecule has 8 nitrogen and oxygen atoms in total. The topological polar surface area (TPSA) is 104 Å². The molecule has 2 N–H and O–H groups in total. The number of nitrogens with zero attached hydrogens (tertiary/aromatic N) is 4. The molecule has 1 aromatic carbocycles. The van der Waals surface area contributed by atoms with E-state index in [0.717, 1.165) is 44.5 Å². The van der Waals surface area contributed by atoms with Gasteiger partial charge in [0.05, 0.1) is 26.7 Å². The number of piperidine rings is 1. The number of hydrogen-bond donors (Lipinski definition) is 2. The second kappa shape index (κ2) is 8.44. The normalized spacial score (nSPS) is 14.8. The van der Waals surface area contributed by atoms with Crippen molar-refractivity contribution in [2.24, 2.45) is 0 Å². The third kappa shape index (κ3) is 4.03. The van der Waals surface area contributed by atoms with E-state index in [1.165, 1.54) is 22.7 Å². The highest BCUT2D eigenvalue weighted by Gasteiger charge is 2.28. The smallest absolute Gasteiger partial charge is 0.277 e. The summed E-state index contributed by atoms with van der Waals surface area (Å²) in [7, 11) is 0. The number of imidazole rings is 1. The standard InChI is InChI=1S/C22H22N6O2S2/c1-12-18(32-13(2)23-12)21(30)28-9-7-14(8-10-28)20-24-17(11-31-20)19(29)27-22-25-15-5-3-4-6-16(15)26-22/h3-6,11,14H,7-10H2,1-2H3,(H2,25,26,27,29). The van der Waals surface area contributed by atoms with Crippen LogP contribution in [0.1, 0.15) is 54.6 Å². The van der Waals surface area contributed by atoms with Crippen LogP contribution in [-0.4, -0.2) is 49.7 Å². The number of H-pyrrole nitrogens is 1. The molecule has 5 rings (SSSR count). The van der Waals surface area contributed by atoms with Crippen LogP contribution in [0, 0.1) is 13.8 Å². The van der Waals surface area contributed by atoms with Crippen molar-refractivity contribution in [2.45, 2.75) is 32.6 Å². The predicted molar refractivity (Wildman–Crippen MR) is 126 cm³/mol. The van der Waals surface area contributed by atoms with Gasteiger partial charge in [-0.15, -0.1) is 22.7 Å². The van der Waals surface area contributed by atoms with E-state index in [2.05, 4.69) is 25.3 Å². The molecule has 1 fully saturated rings. The highest BCUT2D eigenvalue weighted by Crippen LogP contribution is 2.32. The minimum absolute atomic E-state index is 0.0663. The van der Waals surface area contributed by atoms with Crippen LogP contribution in [0.3, 0.4) is 0 Å². The fourth-order valence-electron chi connectivity index (χ4n) is 3.97. The van der Waals surface area contributed by atoms with Crippen molar-refractivity contribution >= 4 is 51.5 Å². The number of carbonyl (C=O) groups is 2. The Morgan fingerprint density at radius 3 is 2.62 bits per heavy atom. The summed E-state index contributed by atoms with van der Waals surface area (Å²) in [6.07, 6.45) is 1.67. The zero-order valence-electron chi connectivity index (χ0n) is 17.7. The molecular formula is C22H22N6O2S2. The van der Waals surface area contributed by atoms with Gasteiger partial charge in [-0.25, -0.2) is 15.0 Å². The predicted octanol–water partition coefficient (Wildman–Crippen LogP) is 4.36. The van der Waals surface area contributed by atoms with Crippen LogP contribution in [0.2, 0.25) is 0 Å². The number of likely N-dealkylation sites (tertiary alicyclic amines) is 1. The average molecular weight is 467 g/mol. The van der Waals surface area contributed by atoms with E-state index in [4.69, 9.17) is 0 Å². The van der Waals surface area contributed by atoms with Gasteiger partial charge in [0.15, 0.2) is 0 Å². The molecule has 32 heavy (non-hydrogen) atoms. The maximum atomic E-state index is 12.8. The summed E-state index contributed by atoms with van der Waals surface area (Å²) in [5.41, 5.74) is 2.86. The molecule has 0 spiro atoms. The Balaban J connectivity index is 1.21. The van der Waals surface area contributed by atoms with Crippen LogP contribution >= 0.6 is 22.7 Å². The number of aromatic amines is 1. The first-order chi connectivity index (χ1) is 15.5. The molecule has 2 amide bonds. The van der Waals surface area contributed by atoms with Crippen LogP contribution < -0.4 is 5.32 Å². The summed E-state index contributed by atoms with van der Waals surface area (Å²) in [5.74, 6) is 0.444. The molecule has 0 radical (unpaired) electrons. The number of thiazole rings is 2. The van der Waals surface area contributed by atoms with E-state index in [9.17, 15) is 9.59 Å². The highest BCUT2D eigenvalue weighted by atomic mass is 32.1. The molecule has 1 aliphatic heterocycles. The van der Waals surface area contributed by atoms with Gasteiger partial charge < -0.3 is 9.88 Å². The zero-order valence-corrected chi connectivity index (χ0v) is 19.3. The maximum Gasteiger partial charge on any atom is 0.277 e. The van der Waals surface area contributed by atoms with E-state index < -0.39 is 0 Å². The first kappa shape index (κ1) is 20.8. The molecule has 0 bridgehead atoms. The number of benzene rings is 1. The van der Waals surface area contributed by atoms with Gasteiger partial charge in [-0.1, -0.05) is 12.1 Å². The summed E-state index contributed by atoms with van der Waals surface area (Å²) in [5, 5.41) is 6.43. The lowest BCUT2D eigenvalue weighted by atomic mass is 9.97. The van der Waals surface area contributed by atoms with Gasteiger partial charge in [0, 0.05) is 24.4 Å². The molecule has 10 heteroatoms. The minimum atomic E-state index is -0.282. The Morgan fingerprint density at radius 1 is 1.12 bits per heavy atom. The Kier molecular flexibility index (Phi) is 5.48. The monoisotopic (exact) mass is 466 g/mol. The molecule has 3 aromatic heterocycles. The first-order valence-electron chi connectivity index (χ1n) is 10.4. The molecule has 0 atom stereocenters. The summed E-state index contributed by atoms with van der Waals surface area (Å²) >= 11 is 2.95. The van der Waals surface area contributed by atoms with Crippen molar-refractivity contribution in [3.8, 4) is 0 Å². The van der Waals surface area contributed by atoms with Gasteiger partial charge in [0.1, 0.15) is 10.6 Å². The molecule has 1 saturated heterocycles. The Morgan fingerprint density at radius 2 is 1.91 bits per heavy atom. The average Bonchev–Trinajstić information content (AvgIpc) is 3.51. The summed E-state index contributed by atoms with van der Waals surface area (Å²) in [4.78, 5) is 44.5. The van der Waals surface area contributed by atoms with Crippen LogP contribution in [0.4, 0.5) is 5.95 Å². The molecule has 4 heterocycles. The number of nitrogens with one attached hydrogen (secondary N) is 2. The number of carbonyl (C=O) groups excluding carboxylic acids is 2. The maximum absolute atomic E-state index is 12.8. The molecular weight excluding hydrogens is 444 g/mol. The van der Waals surface area contributed by atoms with E-state index in [0.29, 0.717) is 24.7 Å². The third-order valence-corrected chi connectivity index (χ3v) is 7.67. The van der Waals surface area contributed by atoms with E-state index in [-0.39, 0.29) is 17.7 Å². The number of aryl methyl sites for hydroxylation is 2. The highest BCUT2D eigenvalue weighted by molar-refractivity contribution is 7.13. The molecule has 164 valence electrons. The van der Waals surface area contributed by atoms with Crippen molar-refractivity contribution in [3.05, 3.63) is 55.9 Å². The Bertz CT molecular complexity index is 1270. The number of aromatic nitrogens is 4. The lowest BCUT2D eigenvalue weighted by Gasteiger charge is -2.30. The summed E-state index contributed by atoms with van der Waals surface area (Å²) in [6, 6.07) is 7.61. The summed E-state index contributed by atoms with van der Waals surface area (Å²) < 4.78 is 0. The number of rotatable bonds is 4. The van der Waals surface area contributed by atoms with Gasteiger partial charge >= 0.3 is 0 Å². The fourth-order valence-corrected chi connectivity index (χ4v) is 5.82. The van der Waals surface area contributed by atoms with Crippen LogP contribution in [0.15, 0.2) is 29.6 Å². The third-order valence-electron chi connectivity index (χ3n) is 5.61. The van der Waals surface area contributed by atoms with Crippen LogP contribution in [-0.2, 0) is 0 Å². The van der Waals surface area contributed by atoms with Crippen molar-refractivity contribution in [1.29, 1.82) is 0 Å². The largest absolute Gasteiger partial charge is 0.338 e. The van der Waals surface area contributed by atoms with Gasteiger partial charge in [-0.3, -0.25) is 14.9 Å². The number of hydrogen-bond acceptors (Lipinski definition) is 7. The van der Waals surface area contributed by atoms with Gasteiger partial charge in [-0.05, 0) is 38.8 Å². The first-order valence-corrected chi connectivity index (χ1v) is 12.1. The molecule has 0 saturated carbocycles. The van der Waals surface area contributed by atoms with Gasteiger partial charge in [0.25, 0.3) is 11.8 Å². The van der Waals surface area contributed by atoms with E-state index >= 15 is 0 Å². The van der Waals surface area contributed by atoms with E-state index in [1.54, 1.807) is 5.38 Å². The number of anilines is 1. The van der Waals surface area contributed by atoms with Crippen molar-refractivity contribution < 1.29 is 9.59 Å². The molecule has 1 aliphatic rings. The van der Waals surface area contributed by atoms with Crippen LogP contribution in [0.5, 0.6) is 0 Å². The number of fused-ring (bicyclic) bond motifs is 1. The Labute approximate surface area is 192 Å². The molecule has 0 aliphatic carbocycles. The van der Waals surface area contributed by atoms with Gasteiger partial charge in [-0.2, -0.15) is 0 Å². The minimum Gasteiger partial charge on any atom is -0.338 e. The van der Waals surface area contributed by atoms with E-state index in [1.807, 2.05) is 43.0 Å². The lowest BCUT2D eigenvalue weighted by molar-refractivity contribution is 0.0717. The van der Waals surface area contributed by atoms with Gasteiger partial charge in [0.2, 0.25) is 5.95 Å². The van der Waals surface area contributed by atoms with Crippen molar-refractivity contribution in [2.75, 3.05) is 18.4 Å². The second-order valence-electron chi connectivity index (χ2n) is 7.84. The summed E-state index contributed by atoms with van der Waals surface area (Å²) in [6.45, 7) is 5.17. The number of amides is 2. The fraction of sp³-hybridized carbons (Fsp3) is 0.318. The second-order valence-corrected chi connectivity index (χ2v) is 9.93. The zero-order chi connectivity index (χ0) is 22.2. The lowest BCUT2D eigenvalue weighted by Crippen LogP contribution is -2.37. The SMILES string of the molecule is Cc1nc(C)c(C(=O)N2CCC(c3nc(C(=O)Nc4nc5ccccc5[nH]4)cs3)CC2)s1. The van der Waals surface area contributed by atoms with Crippen molar-refractivity contribution in [1.82, 2.24) is 24.8 Å². The number of para-hydroxylation sites is 2. The quantitative estimate of drug-likeness (QED) is 0.465. The Hall–Kier alpha value is -3.11. The van der Waals surface area contributed by atoms with Crippen molar-refractivity contribution in [3.63, 3.8) is 0 Å². The van der Waals surface area contributed by atoms with Crippen LogP contribution in [0.25, 0.3) is 11.0 Å². The molecule has 0 unspecified atom stereocenters. The molecule has 4 aromatic rings.